The molecule has 1 aliphatic rings. The first-order valence-electron chi connectivity index (χ1n) is 8.63. The number of carbonyl (C=O) groups is 1. The van der Waals surface area contributed by atoms with Crippen LogP contribution in [0.2, 0.25) is 0 Å². The molecule has 1 fully saturated rings. The molecule has 25 heavy (non-hydrogen) atoms. The van der Waals surface area contributed by atoms with Crippen LogP contribution in [0.15, 0.2) is 30.3 Å². The normalized spacial score (nSPS) is 14.6. The number of aromatic nitrogens is 2. The number of amides is 1. The first-order chi connectivity index (χ1) is 12.0. The van der Waals surface area contributed by atoms with Gasteiger partial charge in [0.1, 0.15) is 5.69 Å². The minimum absolute atomic E-state index is 0.215. The molecule has 1 N–H and O–H groups in total. The monoisotopic (exact) mass is 340 g/mol. The van der Waals surface area contributed by atoms with Gasteiger partial charge in [0.05, 0.1) is 13.2 Å². The molecule has 0 radical (unpaired) electrons. The molecule has 0 bridgehead atoms. The molecule has 0 saturated carbocycles. The van der Waals surface area contributed by atoms with Gasteiger partial charge < -0.3 is 15.0 Å². The molecule has 2 heterocycles. The van der Waals surface area contributed by atoms with Crippen LogP contribution in [-0.2, 0) is 4.74 Å². The number of rotatable bonds is 4. The van der Waals surface area contributed by atoms with E-state index in [9.17, 15) is 4.79 Å². The van der Waals surface area contributed by atoms with Crippen LogP contribution in [0.4, 0.5) is 11.6 Å². The smallest absolute Gasteiger partial charge is 0.274 e. The minimum Gasteiger partial charge on any atom is -0.378 e. The summed E-state index contributed by atoms with van der Waals surface area (Å²) >= 11 is 0. The van der Waals surface area contributed by atoms with Crippen molar-refractivity contribution in [3.05, 3.63) is 47.3 Å². The van der Waals surface area contributed by atoms with E-state index in [0.29, 0.717) is 30.8 Å². The number of carbonyl (C=O) groups excluding carboxylic acids is 1. The largest absolute Gasteiger partial charge is 0.378 e. The standard InChI is InChI=1S/C19H24N4O2/c1-13(2)15-6-4-5-7-16(15)21-18(24)17-12-14(3)20-19(22-17)23-8-10-25-11-9-23/h4-7,12-13H,8-11H2,1-3H3,(H,21,24). The zero-order chi connectivity index (χ0) is 17.8. The molecule has 0 atom stereocenters. The van der Waals surface area contributed by atoms with Gasteiger partial charge in [-0.1, -0.05) is 32.0 Å². The second-order valence-electron chi connectivity index (χ2n) is 6.49. The van der Waals surface area contributed by atoms with E-state index in [1.165, 1.54) is 0 Å². The quantitative estimate of drug-likeness (QED) is 0.927. The van der Waals surface area contributed by atoms with Gasteiger partial charge in [0.15, 0.2) is 0 Å². The molecule has 0 unspecified atom stereocenters. The van der Waals surface area contributed by atoms with E-state index in [1.807, 2.05) is 31.2 Å². The summed E-state index contributed by atoms with van der Waals surface area (Å²) < 4.78 is 5.37. The number of ether oxygens (including phenoxy) is 1. The Balaban J connectivity index is 1.84. The van der Waals surface area contributed by atoms with Crippen molar-refractivity contribution in [3.63, 3.8) is 0 Å². The van der Waals surface area contributed by atoms with Crippen molar-refractivity contribution in [2.24, 2.45) is 0 Å². The van der Waals surface area contributed by atoms with Crippen LogP contribution < -0.4 is 10.2 Å². The highest BCUT2D eigenvalue weighted by Gasteiger charge is 2.18. The molecule has 6 heteroatoms. The van der Waals surface area contributed by atoms with Crippen LogP contribution in [0.1, 0.15) is 41.5 Å². The molecule has 132 valence electrons. The lowest BCUT2D eigenvalue weighted by atomic mass is 10.0. The van der Waals surface area contributed by atoms with E-state index in [2.05, 4.69) is 34.0 Å². The predicted octanol–water partition coefficient (Wildman–Crippen LogP) is 3.00. The number of para-hydroxylation sites is 1. The molecular weight excluding hydrogens is 316 g/mol. The number of nitrogens with one attached hydrogen (secondary N) is 1. The van der Waals surface area contributed by atoms with Crippen LogP contribution in [0.5, 0.6) is 0 Å². The van der Waals surface area contributed by atoms with Crippen molar-refractivity contribution in [2.45, 2.75) is 26.7 Å². The maximum absolute atomic E-state index is 12.7. The Kier molecular flexibility index (Phi) is 5.28. The first kappa shape index (κ1) is 17.4. The van der Waals surface area contributed by atoms with Crippen molar-refractivity contribution in [1.82, 2.24) is 9.97 Å². The van der Waals surface area contributed by atoms with E-state index in [-0.39, 0.29) is 5.91 Å². The molecular formula is C19H24N4O2. The van der Waals surface area contributed by atoms with Crippen molar-refractivity contribution in [3.8, 4) is 0 Å². The molecule has 1 aromatic carbocycles. The molecule has 2 aromatic rings. The number of benzene rings is 1. The number of hydrogen-bond donors (Lipinski definition) is 1. The SMILES string of the molecule is Cc1cc(C(=O)Nc2ccccc2C(C)C)nc(N2CCOCC2)n1. The second-order valence-corrected chi connectivity index (χ2v) is 6.49. The third-order valence-electron chi connectivity index (χ3n) is 4.20. The highest BCUT2D eigenvalue weighted by Crippen LogP contribution is 2.24. The van der Waals surface area contributed by atoms with E-state index in [1.54, 1.807) is 6.07 Å². The highest BCUT2D eigenvalue weighted by atomic mass is 16.5. The highest BCUT2D eigenvalue weighted by molar-refractivity contribution is 6.03. The zero-order valence-corrected chi connectivity index (χ0v) is 15.0. The van der Waals surface area contributed by atoms with Crippen LogP contribution in [0.25, 0.3) is 0 Å². The molecule has 0 aliphatic carbocycles. The van der Waals surface area contributed by atoms with Gasteiger partial charge in [0.2, 0.25) is 5.95 Å². The van der Waals surface area contributed by atoms with Gasteiger partial charge in [-0.05, 0) is 30.5 Å². The molecule has 6 nitrogen and oxygen atoms in total. The summed E-state index contributed by atoms with van der Waals surface area (Å²) in [6, 6.07) is 9.58. The summed E-state index contributed by atoms with van der Waals surface area (Å²) in [5.74, 6) is 0.700. The van der Waals surface area contributed by atoms with Gasteiger partial charge in [0, 0.05) is 24.5 Å². The molecule has 1 aromatic heterocycles. The Hall–Kier alpha value is -2.47. The van der Waals surface area contributed by atoms with Gasteiger partial charge in [-0.2, -0.15) is 0 Å². The van der Waals surface area contributed by atoms with Gasteiger partial charge in [-0.3, -0.25) is 4.79 Å². The van der Waals surface area contributed by atoms with E-state index in [0.717, 1.165) is 30.0 Å². The van der Waals surface area contributed by atoms with E-state index < -0.39 is 0 Å². The summed E-state index contributed by atoms with van der Waals surface area (Å²) in [4.78, 5) is 23.7. The Morgan fingerprint density at radius 1 is 1.20 bits per heavy atom. The minimum atomic E-state index is -0.215. The number of nitrogens with zero attached hydrogens (tertiary/aromatic N) is 3. The van der Waals surface area contributed by atoms with Crippen molar-refractivity contribution in [1.29, 1.82) is 0 Å². The third kappa shape index (κ3) is 4.14. The van der Waals surface area contributed by atoms with E-state index in [4.69, 9.17) is 4.74 Å². The van der Waals surface area contributed by atoms with Crippen molar-refractivity contribution >= 4 is 17.5 Å². The van der Waals surface area contributed by atoms with Crippen molar-refractivity contribution < 1.29 is 9.53 Å². The van der Waals surface area contributed by atoms with Gasteiger partial charge >= 0.3 is 0 Å². The Morgan fingerprint density at radius 2 is 1.92 bits per heavy atom. The fourth-order valence-electron chi connectivity index (χ4n) is 2.87. The maximum atomic E-state index is 12.7. The molecule has 1 aliphatic heterocycles. The molecule has 1 amide bonds. The van der Waals surface area contributed by atoms with Crippen molar-refractivity contribution in [2.75, 3.05) is 36.5 Å². The number of anilines is 2. The lowest BCUT2D eigenvalue weighted by Gasteiger charge is -2.27. The average molecular weight is 340 g/mol. The van der Waals surface area contributed by atoms with Crippen LogP contribution >= 0.6 is 0 Å². The number of aryl methyl sites for hydroxylation is 1. The lowest BCUT2D eigenvalue weighted by Crippen LogP contribution is -2.37. The number of morpholine rings is 1. The van der Waals surface area contributed by atoms with Crippen LogP contribution in [-0.4, -0.2) is 42.2 Å². The Bertz CT molecular complexity index is 755. The summed E-state index contributed by atoms with van der Waals surface area (Å²) in [6.07, 6.45) is 0. The fraction of sp³-hybridized carbons (Fsp3) is 0.421. The lowest BCUT2D eigenvalue weighted by molar-refractivity contribution is 0.102. The molecule has 3 rings (SSSR count). The average Bonchev–Trinajstić information content (AvgIpc) is 2.62. The fourth-order valence-corrected chi connectivity index (χ4v) is 2.87. The predicted molar refractivity (Wildman–Crippen MR) is 98.3 cm³/mol. The Labute approximate surface area is 148 Å². The van der Waals surface area contributed by atoms with Gasteiger partial charge in [0.25, 0.3) is 5.91 Å². The molecule has 0 spiro atoms. The summed E-state index contributed by atoms with van der Waals surface area (Å²) in [5.41, 5.74) is 3.09. The van der Waals surface area contributed by atoms with Crippen LogP contribution in [0.3, 0.4) is 0 Å². The summed E-state index contributed by atoms with van der Waals surface area (Å²) in [7, 11) is 0. The molecule has 1 saturated heterocycles. The van der Waals surface area contributed by atoms with Gasteiger partial charge in [-0.25, -0.2) is 9.97 Å². The zero-order valence-electron chi connectivity index (χ0n) is 15.0. The Morgan fingerprint density at radius 3 is 2.64 bits per heavy atom. The van der Waals surface area contributed by atoms with Gasteiger partial charge in [-0.15, -0.1) is 0 Å². The number of hydrogen-bond acceptors (Lipinski definition) is 5. The van der Waals surface area contributed by atoms with Crippen LogP contribution in [0, 0.1) is 6.92 Å². The topological polar surface area (TPSA) is 67.4 Å². The van der Waals surface area contributed by atoms with E-state index >= 15 is 0 Å². The third-order valence-corrected chi connectivity index (χ3v) is 4.20. The summed E-state index contributed by atoms with van der Waals surface area (Å²) in [6.45, 7) is 8.87. The maximum Gasteiger partial charge on any atom is 0.274 e. The summed E-state index contributed by atoms with van der Waals surface area (Å²) in [5, 5.41) is 2.99. The first-order valence-corrected chi connectivity index (χ1v) is 8.63. The second kappa shape index (κ2) is 7.61.